The minimum atomic E-state index is -1.35. The zero-order chi connectivity index (χ0) is 15.7. The number of aliphatic carboxylic acids is 1. The molecule has 5 nitrogen and oxygen atoms in total. The number of ether oxygens (including phenoxy) is 2. The Morgan fingerprint density at radius 3 is 2.59 bits per heavy atom. The van der Waals surface area contributed by atoms with Crippen LogP contribution in [0.4, 0.5) is 0 Å². The maximum Gasteiger partial charge on any atom is 0.327 e. The van der Waals surface area contributed by atoms with Gasteiger partial charge < -0.3 is 14.6 Å². The average molecular weight is 298 g/mol. The Morgan fingerprint density at radius 2 is 1.95 bits per heavy atom. The highest BCUT2D eigenvalue weighted by Gasteiger charge is 2.52. The smallest absolute Gasteiger partial charge is 0.327 e. The third kappa shape index (κ3) is 2.02. The average Bonchev–Trinajstić information content (AvgIpc) is 2.80. The number of esters is 1. The summed E-state index contributed by atoms with van der Waals surface area (Å²) >= 11 is 0. The van der Waals surface area contributed by atoms with Gasteiger partial charge in [0, 0.05) is 5.56 Å². The molecule has 5 heteroatoms. The van der Waals surface area contributed by atoms with Gasteiger partial charge in [-0.05, 0) is 23.8 Å². The Balaban J connectivity index is 2.27. The lowest BCUT2D eigenvalue weighted by Crippen LogP contribution is -2.37. The lowest BCUT2D eigenvalue weighted by atomic mass is 9.73. The van der Waals surface area contributed by atoms with Gasteiger partial charge in [0.1, 0.15) is 16.9 Å². The summed E-state index contributed by atoms with van der Waals surface area (Å²) in [6.07, 6.45) is -0.379. The zero-order valence-electron chi connectivity index (χ0n) is 11.9. The largest absolute Gasteiger partial charge is 0.497 e. The molecule has 1 aliphatic heterocycles. The van der Waals surface area contributed by atoms with Crippen LogP contribution in [0, 0.1) is 0 Å². The van der Waals surface area contributed by atoms with E-state index < -0.39 is 17.4 Å². The van der Waals surface area contributed by atoms with Gasteiger partial charge in [0.05, 0.1) is 13.5 Å². The van der Waals surface area contributed by atoms with Crippen molar-refractivity contribution in [2.24, 2.45) is 0 Å². The fraction of sp³-hybridized carbons (Fsp3) is 0.176. The third-order valence-electron chi connectivity index (χ3n) is 3.88. The lowest BCUT2D eigenvalue weighted by molar-refractivity contribution is -0.145. The molecule has 0 spiro atoms. The molecule has 0 radical (unpaired) electrons. The topological polar surface area (TPSA) is 72.8 Å². The SMILES string of the molecule is COc1ccc2c(c1)C(CC(=O)O)(c1ccccc1)C(=O)O2. The van der Waals surface area contributed by atoms with E-state index in [1.54, 1.807) is 42.5 Å². The van der Waals surface area contributed by atoms with E-state index in [1.807, 2.05) is 6.07 Å². The van der Waals surface area contributed by atoms with Crippen molar-refractivity contribution in [1.82, 2.24) is 0 Å². The molecule has 3 rings (SSSR count). The molecule has 112 valence electrons. The van der Waals surface area contributed by atoms with Gasteiger partial charge in [0.25, 0.3) is 0 Å². The summed E-state index contributed by atoms with van der Waals surface area (Å²) in [5.41, 5.74) is -0.239. The summed E-state index contributed by atoms with van der Waals surface area (Å²) in [5.74, 6) is -0.737. The summed E-state index contributed by atoms with van der Waals surface area (Å²) < 4.78 is 10.5. The number of rotatable bonds is 4. The van der Waals surface area contributed by atoms with Gasteiger partial charge in [-0.3, -0.25) is 9.59 Å². The quantitative estimate of drug-likeness (QED) is 0.693. The maximum atomic E-state index is 12.6. The second kappa shape index (κ2) is 5.18. The highest BCUT2D eigenvalue weighted by atomic mass is 16.5. The number of methoxy groups -OCH3 is 1. The number of hydrogen-bond donors (Lipinski definition) is 1. The molecule has 0 amide bonds. The predicted octanol–water partition coefficient (Wildman–Crippen LogP) is 2.38. The van der Waals surface area contributed by atoms with E-state index in [9.17, 15) is 14.7 Å². The maximum absolute atomic E-state index is 12.6. The second-order valence-electron chi connectivity index (χ2n) is 5.09. The Kier molecular flexibility index (Phi) is 3.33. The Hall–Kier alpha value is -2.82. The van der Waals surface area contributed by atoms with Crippen LogP contribution >= 0.6 is 0 Å². The summed E-state index contributed by atoms with van der Waals surface area (Å²) in [5, 5.41) is 9.33. The molecule has 0 saturated carbocycles. The fourth-order valence-electron chi connectivity index (χ4n) is 2.85. The molecule has 1 aliphatic rings. The molecule has 2 aromatic rings. The van der Waals surface area contributed by atoms with Crippen molar-refractivity contribution in [2.75, 3.05) is 7.11 Å². The summed E-state index contributed by atoms with van der Waals surface area (Å²) in [4.78, 5) is 24.0. The summed E-state index contributed by atoms with van der Waals surface area (Å²) in [6.45, 7) is 0. The molecule has 0 bridgehead atoms. The van der Waals surface area contributed by atoms with Gasteiger partial charge in [-0.1, -0.05) is 30.3 Å². The van der Waals surface area contributed by atoms with Crippen molar-refractivity contribution in [2.45, 2.75) is 11.8 Å². The minimum Gasteiger partial charge on any atom is -0.497 e. The second-order valence-corrected chi connectivity index (χ2v) is 5.09. The van der Waals surface area contributed by atoms with Crippen molar-refractivity contribution in [3.63, 3.8) is 0 Å². The molecule has 0 aromatic heterocycles. The molecule has 1 N–H and O–H groups in total. The van der Waals surface area contributed by atoms with Crippen LogP contribution in [0.1, 0.15) is 17.5 Å². The van der Waals surface area contributed by atoms with Gasteiger partial charge in [-0.25, -0.2) is 0 Å². The standard InChI is InChI=1S/C17H14O5/c1-21-12-7-8-14-13(9-12)17(10-15(18)19,16(20)22-14)11-5-3-2-4-6-11/h2-9H,10H2,1H3,(H,18,19). The Labute approximate surface area is 127 Å². The number of fused-ring (bicyclic) bond motifs is 1. The number of carbonyl (C=O) groups excluding carboxylic acids is 1. The van der Waals surface area contributed by atoms with Gasteiger partial charge in [-0.15, -0.1) is 0 Å². The highest BCUT2D eigenvalue weighted by Crippen LogP contribution is 2.47. The van der Waals surface area contributed by atoms with E-state index >= 15 is 0 Å². The summed E-state index contributed by atoms with van der Waals surface area (Å²) in [7, 11) is 1.51. The van der Waals surface area contributed by atoms with E-state index in [4.69, 9.17) is 9.47 Å². The van der Waals surface area contributed by atoms with Crippen LogP contribution in [0.2, 0.25) is 0 Å². The van der Waals surface area contributed by atoms with E-state index in [-0.39, 0.29) is 6.42 Å². The normalized spacial score (nSPS) is 19.4. The van der Waals surface area contributed by atoms with Crippen LogP contribution in [0.25, 0.3) is 0 Å². The number of carbonyl (C=O) groups is 2. The molecule has 0 aliphatic carbocycles. The van der Waals surface area contributed by atoms with E-state index in [2.05, 4.69) is 0 Å². The first-order valence-corrected chi connectivity index (χ1v) is 6.76. The molecular formula is C17H14O5. The molecule has 2 aromatic carbocycles. The van der Waals surface area contributed by atoms with Crippen molar-refractivity contribution < 1.29 is 24.2 Å². The lowest BCUT2D eigenvalue weighted by Gasteiger charge is -2.24. The number of carboxylic acid groups (broad SMARTS) is 1. The Bertz CT molecular complexity index is 738. The first-order chi connectivity index (χ1) is 10.6. The van der Waals surface area contributed by atoms with Crippen LogP contribution < -0.4 is 9.47 Å². The first-order valence-electron chi connectivity index (χ1n) is 6.76. The van der Waals surface area contributed by atoms with Crippen LogP contribution in [0.15, 0.2) is 48.5 Å². The molecule has 1 atom stereocenters. The highest BCUT2D eigenvalue weighted by molar-refractivity contribution is 5.97. The molecule has 1 heterocycles. The molecule has 1 unspecified atom stereocenters. The van der Waals surface area contributed by atoms with Crippen LogP contribution in [0.5, 0.6) is 11.5 Å². The molecular weight excluding hydrogens is 284 g/mol. The molecule has 0 fully saturated rings. The van der Waals surface area contributed by atoms with Crippen LogP contribution in [0.3, 0.4) is 0 Å². The molecule has 0 saturated heterocycles. The number of hydrogen-bond acceptors (Lipinski definition) is 4. The van der Waals surface area contributed by atoms with Crippen molar-refractivity contribution in [3.8, 4) is 11.5 Å². The minimum absolute atomic E-state index is 0.371. The van der Waals surface area contributed by atoms with Gasteiger partial charge in [0.2, 0.25) is 0 Å². The number of carboxylic acids is 1. The van der Waals surface area contributed by atoms with Crippen LogP contribution in [-0.2, 0) is 15.0 Å². The fourth-order valence-corrected chi connectivity index (χ4v) is 2.85. The van der Waals surface area contributed by atoms with Crippen LogP contribution in [-0.4, -0.2) is 24.2 Å². The predicted molar refractivity (Wildman–Crippen MR) is 78.1 cm³/mol. The third-order valence-corrected chi connectivity index (χ3v) is 3.88. The van der Waals surface area contributed by atoms with E-state index in [0.29, 0.717) is 22.6 Å². The van der Waals surface area contributed by atoms with Gasteiger partial charge in [0.15, 0.2) is 0 Å². The monoisotopic (exact) mass is 298 g/mol. The Morgan fingerprint density at radius 1 is 1.23 bits per heavy atom. The van der Waals surface area contributed by atoms with Gasteiger partial charge >= 0.3 is 11.9 Å². The van der Waals surface area contributed by atoms with Crippen molar-refractivity contribution in [1.29, 1.82) is 0 Å². The van der Waals surface area contributed by atoms with Gasteiger partial charge in [-0.2, -0.15) is 0 Å². The van der Waals surface area contributed by atoms with Crippen molar-refractivity contribution >= 4 is 11.9 Å². The molecule has 22 heavy (non-hydrogen) atoms. The summed E-state index contributed by atoms with van der Waals surface area (Å²) in [6, 6.07) is 13.8. The zero-order valence-corrected chi connectivity index (χ0v) is 11.9. The van der Waals surface area contributed by atoms with E-state index in [1.165, 1.54) is 7.11 Å². The first kappa shape index (κ1) is 14.1. The van der Waals surface area contributed by atoms with Crippen molar-refractivity contribution in [3.05, 3.63) is 59.7 Å². The van der Waals surface area contributed by atoms with E-state index in [0.717, 1.165) is 0 Å². The number of benzene rings is 2.